The second kappa shape index (κ2) is 8.17. The van der Waals surface area contributed by atoms with Gasteiger partial charge in [-0.25, -0.2) is 0 Å². The Hall–Kier alpha value is -1.79. The van der Waals surface area contributed by atoms with Gasteiger partial charge in [-0.05, 0) is 31.2 Å². The normalized spacial score (nSPS) is 17.7. The molecule has 1 aliphatic heterocycles. The molecule has 6 heteroatoms. The lowest BCUT2D eigenvalue weighted by Crippen LogP contribution is -2.47. The number of carboxylic acid groups (broad SMARTS) is 1. The number of carboxylic acids is 1. The van der Waals surface area contributed by atoms with Gasteiger partial charge in [0.1, 0.15) is 6.04 Å². The smallest absolute Gasteiger partial charge is 0.325 e. The van der Waals surface area contributed by atoms with Crippen LogP contribution in [-0.4, -0.2) is 67.8 Å². The van der Waals surface area contributed by atoms with E-state index in [1.165, 1.54) is 0 Å². The Morgan fingerprint density at radius 1 is 1.26 bits per heavy atom. The second-order valence-corrected chi connectivity index (χ2v) is 5.84. The number of likely N-dealkylation sites (N-methyl/N-ethyl adjacent to an activating group) is 1. The zero-order chi connectivity index (χ0) is 16.8. The van der Waals surface area contributed by atoms with Crippen LogP contribution in [0.15, 0.2) is 18.2 Å². The fourth-order valence-corrected chi connectivity index (χ4v) is 2.78. The number of carbonyl (C=O) groups is 1. The first-order valence-electron chi connectivity index (χ1n) is 8.03. The lowest BCUT2D eigenvalue weighted by atomic mass is 10.0. The van der Waals surface area contributed by atoms with Gasteiger partial charge < -0.3 is 19.5 Å². The molecule has 128 valence electrons. The van der Waals surface area contributed by atoms with Crippen LogP contribution in [0.25, 0.3) is 0 Å². The molecule has 0 radical (unpaired) electrons. The fourth-order valence-electron chi connectivity index (χ4n) is 2.78. The molecule has 1 aliphatic rings. The number of piperazine rings is 1. The number of methoxy groups -OCH3 is 1. The van der Waals surface area contributed by atoms with Crippen molar-refractivity contribution in [2.24, 2.45) is 0 Å². The molecule has 1 N–H and O–H groups in total. The van der Waals surface area contributed by atoms with Gasteiger partial charge in [0.25, 0.3) is 0 Å². The van der Waals surface area contributed by atoms with Crippen molar-refractivity contribution in [1.29, 1.82) is 0 Å². The van der Waals surface area contributed by atoms with Gasteiger partial charge >= 0.3 is 5.97 Å². The van der Waals surface area contributed by atoms with Gasteiger partial charge in [-0.15, -0.1) is 0 Å². The summed E-state index contributed by atoms with van der Waals surface area (Å²) in [6, 6.07) is 4.74. The zero-order valence-corrected chi connectivity index (χ0v) is 14.1. The predicted octanol–water partition coefficient (Wildman–Crippen LogP) is 1.86. The summed E-state index contributed by atoms with van der Waals surface area (Å²) < 4.78 is 11.0. The number of aliphatic carboxylic acids is 1. The summed E-state index contributed by atoms with van der Waals surface area (Å²) in [5, 5.41) is 9.71. The van der Waals surface area contributed by atoms with Crippen molar-refractivity contribution < 1.29 is 19.4 Å². The third-order valence-corrected chi connectivity index (χ3v) is 4.10. The Bertz CT molecular complexity index is 527. The van der Waals surface area contributed by atoms with Crippen LogP contribution in [0.4, 0.5) is 0 Å². The van der Waals surface area contributed by atoms with Crippen LogP contribution in [-0.2, 0) is 4.79 Å². The van der Waals surface area contributed by atoms with Gasteiger partial charge in [-0.3, -0.25) is 9.69 Å². The molecule has 6 nitrogen and oxygen atoms in total. The lowest BCUT2D eigenvalue weighted by molar-refractivity contribution is -0.144. The third kappa shape index (κ3) is 4.36. The summed E-state index contributed by atoms with van der Waals surface area (Å²) in [7, 11) is 3.64. The molecule has 23 heavy (non-hydrogen) atoms. The summed E-state index contributed by atoms with van der Waals surface area (Å²) in [6.45, 7) is 5.83. The molecule has 1 aromatic carbocycles. The van der Waals surface area contributed by atoms with Crippen LogP contribution in [0.3, 0.4) is 0 Å². The molecule has 1 heterocycles. The summed E-state index contributed by atoms with van der Waals surface area (Å²) in [4.78, 5) is 16.0. The monoisotopic (exact) mass is 322 g/mol. The van der Waals surface area contributed by atoms with Crippen LogP contribution in [0, 0.1) is 0 Å². The van der Waals surface area contributed by atoms with Gasteiger partial charge in [-0.1, -0.05) is 13.0 Å². The minimum atomic E-state index is -0.832. The van der Waals surface area contributed by atoms with Gasteiger partial charge in [-0.2, -0.15) is 0 Å². The SMILES string of the molecule is CCCOc1cc(C(C(=O)O)N2CCN(C)CC2)ccc1OC. The molecule has 2 rings (SSSR count). The molecule has 0 saturated carbocycles. The first kappa shape index (κ1) is 17.6. The molecule has 0 amide bonds. The van der Waals surface area contributed by atoms with E-state index in [1.54, 1.807) is 19.2 Å². The van der Waals surface area contributed by atoms with E-state index >= 15 is 0 Å². The van der Waals surface area contributed by atoms with Crippen molar-refractivity contribution in [3.63, 3.8) is 0 Å². The van der Waals surface area contributed by atoms with E-state index in [0.717, 1.165) is 38.2 Å². The summed E-state index contributed by atoms with van der Waals surface area (Å²) >= 11 is 0. The standard InChI is InChI=1S/C17H26N2O4/c1-4-11-23-15-12-13(5-6-14(15)22-3)16(17(20)21)19-9-7-18(2)8-10-19/h5-6,12,16H,4,7-11H2,1-3H3,(H,20,21). The minimum Gasteiger partial charge on any atom is -0.493 e. The molecule has 0 bridgehead atoms. The van der Waals surface area contributed by atoms with Crippen molar-refractivity contribution in [3.8, 4) is 11.5 Å². The van der Waals surface area contributed by atoms with E-state index in [4.69, 9.17) is 9.47 Å². The van der Waals surface area contributed by atoms with Gasteiger partial charge in [0, 0.05) is 26.2 Å². The quantitative estimate of drug-likeness (QED) is 0.827. The van der Waals surface area contributed by atoms with Crippen molar-refractivity contribution in [2.75, 3.05) is 46.9 Å². The second-order valence-electron chi connectivity index (χ2n) is 5.84. The van der Waals surface area contributed by atoms with Gasteiger partial charge in [0.05, 0.1) is 13.7 Å². The predicted molar refractivity (Wildman–Crippen MR) is 88.2 cm³/mol. The zero-order valence-electron chi connectivity index (χ0n) is 14.1. The van der Waals surface area contributed by atoms with E-state index < -0.39 is 12.0 Å². The highest BCUT2D eigenvalue weighted by Gasteiger charge is 2.30. The lowest BCUT2D eigenvalue weighted by Gasteiger charge is -2.36. The Morgan fingerprint density at radius 2 is 1.96 bits per heavy atom. The molecule has 0 aliphatic carbocycles. The van der Waals surface area contributed by atoms with E-state index in [1.807, 2.05) is 17.9 Å². The number of hydrogen-bond acceptors (Lipinski definition) is 5. The number of nitrogens with zero attached hydrogens (tertiary/aromatic N) is 2. The average Bonchev–Trinajstić information content (AvgIpc) is 2.55. The number of rotatable bonds is 7. The Labute approximate surface area is 137 Å². The first-order valence-corrected chi connectivity index (χ1v) is 8.03. The van der Waals surface area contributed by atoms with Crippen molar-refractivity contribution in [1.82, 2.24) is 9.80 Å². The summed E-state index contributed by atoms with van der Waals surface area (Å²) in [5.41, 5.74) is 0.731. The fraction of sp³-hybridized carbons (Fsp3) is 0.588. The average molecular weight is 322 g/mol. The molecule has 0 spiro atoms. The molecular weight excluding hydrogens is 296 g/mol. The van der Waals surface area contributed by atoms with E-state index in [2.05, 4.69) is 11.9 Å². The maximum atomic E-state index is 11.8. The highest BCUT2D eigenvalue weighted by Crippen LogP contribution is 2.32. The van der Waals surface area contributed by atoms with Crippen molar-refractivity contribution >= 4 is 5.97 Å². The maximum Gasteiger partial charge on any atom is 0.325 e. The molecule has 1 aromatic rings. The molecule has 0 aromatic heterocycles. The maximum absolute atomic E-state index is 11.8. The highest BCUT2D eigenvalue weighted by molar-refractivity contribution is 5.76. The van der Waals surface area contributed by atoms with E-state index in [9.17, 15) is 9.90 Å². The molecule has 1 fully saturated rings. The van der Waals surface area contributed by atoms with Crippen LogP contribution < -0.4 is 9.47 Å². The number of ether oxygens (including phenoxy) is 2. The number of hydrogen-bond donors (Lipinski definition) is 1. The van der Waals surface area contributed by atoms with E-state index in [0.29, 0.717) is 18.1 Å². The number of benzene rings is 1. The Morgan fingerprint density at radius 3 is 2.52 bits per heavy atom. The van der Waals surface area contributed by atoms with Crippen LogP contribution >= 0.6 is 0 Å². The summed E-state index contributed by atoms with van der Waals surface area (Å²) in [5.74, 6) is 0.401. The van der Waals surface area contributed by atoms with Crippen LogP contribution in [0.2, 0.25) is 0 Å². The van der Waals surface area contributed by atoms with Gasteiger partial charge in [0.15, 0.2) is 11.5 Å². The van der Waals surface area contributed by atoms with Crippen LogP contribution in [0.1, 0.15) is 24.9 Å². The van der Waals surface area contributed by atoms with E-state index in [-0.39, 0.29) is 0 Å². The minimum absolute atomic E-state index is 0.575. The Kier molecular flexibility index (Phi) is 6.24. The molecule has 1 saturated heterocycles. The van der Waals surface area contributed by atoms with Crippen molar-refractivity contribution in [2.45, 2.75) is 19.4 Å². The molecular formula is C17H26N2O4. The third-order valence-electron chi connectivity index (χ3n) is 4.10. The topological polar surface area (TPSA) is 62.2 Å². The summed E-state index contributed by atoms with van der Waals surface area (Å²) in [6.07, 6.45) is 0.883. The Balaban J connectivity index is 2.26. The van der Waals surface area contributed by atoms with Crippen molar-refractivity contribution in [3.05, 3.63) is 23.8 Å². The van der Waals surface area contributed by atoms with Gasteiger partial charge in [0.2, 0.25) is 0 Å². The highest BCUT2D eigenvalue weighted by atomic mass is 16.5. The molecule has 1 unspecified atom stereocenters. The largest absolute Gasteiger partial charge is 0.493 e. The molecule has 1 atom stereocenters. The first-order chi connectivity index (χ1) is 11.1. The van der Waals surface area contributed by atoms with Crippen LogP contribution in [0.5, 0.6) is 11.5 Å².